The highest BCUT2D eigenvalue weighted by Gasteiger charge is 2.18. The van der Waals surface area contributed by atoms with Crippen molar-refractivity contribution in [3.63, 3.8) is 0 Å². The van der Waals surface area contributed by atoms with Gasteiger partial charge in [0, 0.05) is 26.1 Å². The van der Waals surface area contributed by atoms with E-state index in [4.69, 9.17) is 0 Å². The Bertz CT molecular complexity index is 295. The van der Waals surface area contributed by atoms with Crippen LogP contribution in [0, 0.1) is 6.92 Å². The topological polar surface area (TPSA) is 31.9 Å². The van der Waals surface area contributed by atoms with Crippen molar-refractivity contribution in [1.29, 1.82) is 0 Å². The van der Waals surface area contributed by atoms with Gasteiger partial charge >= 0.3 is 0 Å². The maximum absolute atomic E-state index is 12.1. The highest BCUT2D eigenvalue weighted by atomic mass is 19.1. The Hall–Kier alpha value is -0.900. The van der Waals surface area contributed by atoms with Crippen LogP contribution in [0.25, 0.3) is 0 Å². The average molecular weight is 183 g/mol. The van der Waals surface area contributed by atoms with Crippen LogP contribution in [0.4, 0.5) is 4.39 Å². The smallest absolute Gasteiger partial charge is 0.103 e. The molecule has 2 heterocycles. The molecular weight excluding hydrogens is 169 g/mol. The second-order valence-electron chi connectivity index (χ2n) is 3.46. The van der Waals surface area contributed by atoms with E-state index < -0.39 is 0 Å². The third kappa shape index (κ3) is 1.72. The van der Waals surface area contributed by atoms with Gasteiger partial charge in [-0.1, -0.05) is 0 Å². The summed E-state index contributed by atoms with van der Waals surface area (Å²) < 4.78 is 12.1. The largest absolute Gasteiger partial charge is 0.345 e. The molecule has 13 heavy (non-hydrogen) atoms. The minimum Gasteiger partial charge on any atom is -0.345 e. The van der Waals surface area contributed by atoms with E-state index in [1.54, 1.807) is 0 Å². The van der Waals surface area contributed by atoms with Crippen molar-refractivity contribution in [2.24, 2.45) is 0 Å². The number of aryl methyl sites for hydroxylation is 1. The number of H-pyrrole nitrogens is 1. The van der Waals surface area contributed by atoms with E-state index in [0.29, 0.717) is 6.54 Å². The van der Waals surface area contributed by atoms with E-state index in [1.165, 1.54) is 0 Å². The summed E-state index contributed by atoms with van der Waals surface area (Å²) in [5, 5.41) is 0. The number of nitrogens with zero attached hydrogens (tertiary/aromatic N) is 2. The molecule has 4 heteroatoms. The van der Waals surface area contributed by atoms with E-state index in [2.05, 4.69) is 14.9 Å². The molecule has 0 bridgehead atoms. The molecule has 1 aromatic heterocycles. The molecule has 0 unspecified atom stereocenters. The van der Waals surface area contributed by atoms with Crippen molar-refractivity contribution in [2.75, 3.05) is 19.8 Å². The lowest BCUT2D eigenvalue weighted by molar-refractivity contribution is 0.227. The third-order valence-corrected chi connectivity index (χ3v) is 2.43. The van der Waals surface area contributed by atoms with Gasteiger partial charge in [0.05, 0.1) is 11.4 Å². The minimum absolute atomic E-state index is 0.261. The third-order valence-electron chi connectivity index (χ3n) is 2.43. The second kappa shape index (κ2) is 3.46. The molecule has 1 N–H and O–H groups in total. The normalized spacial score (nSPS) is 17.4. The lowest BCUT2D eigenvalue weighted by Gasteiger charge is -2.24. The standard InChI is InChI=1S/C9H14FN3/c1-7-11-8-2-4-13(5-3-10)6-9(8)12-7/h2-6H2,1H3,(H,11,12). The quantitative estimate of drug-likeness (QED) is 0.743. The van der Waals surface area contributed by atoms with Gasteiger partial charge in [-0.05, 0) is 6.92 Å². The van der Waals surface area contributed by atoms with Crippen LogP contribution in [0.5, 0.6) is 0 Å². The number of halogens is 1. The Morgan fingerprint density at radius 3 is 3.23 bits per heavy atom. The van der Waals surface area contributed by atoms with Crippen LogP contribution in [0.3, 0.4) is 0 Å². The first kappa shape index (κ1) is 8.69. The van der Waals surface area contributed by atoms with Gasteiger partial charge in [0.25, 0.3) is 0 Å². The summed E-state index contributed by atoms with van der Waals surface area (Å²) in [6.07, 6.45) is 0.944. The van der Waals surface area contributed by atoms with Gasteiger partial charge in [0.2, 0.25) is 0 Å². The van der Waals surface area contributed by atoms with E-state index in [-0.39, 0.29) is 6.67 Å². The fourth-order valence-corrected chi connectivity index (χ4v) is 1.80. The lowest BCUT2D eigenvalue weighted by Crippen LogP contribution is -2.32. The number of nitrogens with one attached hydrogen (secondary N) is 1. The number of alkyl halides is 1. The van der Waals surface area contributed by atoms with Gasteiger partial charge < -0.3 is 4.98 Å². The Kier molecular flexibility index (Phi) is 2.31. The van der Waals surface area contributed by atoms with Gasteiger partial charge in [0.15, 0.2) is 0 Å². The number of hydrogen-bond acceptors (Lipinski definition) is 2. The highest BCUT2D eigenvalue weighted by molar-refractivity contribution is 5.17. The van der Waals surface area contributed by atoms with E-state index in [1.807, 2.05) is 6.92 Å². The maximum Gasteiger partial charge on any atom is 0.103 e. The molecule has 0 spiro atoms. The summed E-state index contributed by atoms with van der Waals surface area (Å²) >= 11 is 0. The zero-order chi connectivity index (χ0) is 9.26. The predicted molar refractivity (Wildman–Crippen MR) is 48.3 cm³/mol. The molecule has 0 radical (unpaired) electrons. The summed E-state index contributed by atoms with van der Waals surface area (Å²) in [6.45, 7) is 3.99. The fraction of sp³-hybridized carbons (Fsp3) is 0.667. The predicted octanol–water partition coefficient (Wildman–Crippen LogP) is 1.05. The van der Waals surface area contributed by atoms with Crippen LogP contribution in [0.1, 0.15) is 17.2 Å². The van der Waals surface area contributed by atoms with Crippen LogP contribution in [-0.4, -0.2) is 34.6 Å². The molecule has 0 saturated carbocycles. The number of aromatic amines is 1. The molecule has 0 atom stereocenters. The number of fused-ring (bicyclic) bond motifs is 1. The average Bonchev–Trinajstić information content (AvgIpc) is 2.44. The molecule has 0 amide bonds. The summed E-state index contributed by atoms with van der Waals surface area (Å²) in [5.41, 5.74) is 2.32. The van der Waals surface area contributed by atoms with Crippen LogP contribution in [0.15, 0.2) is 0 Å². The van der Waals surface area contributed by atoms with E-state index in [9.17, 15) is 4.39 Å². The van der Waals surface area contributed by atoms with Crippen molar-refractivity contribution >= 4 is 0 Å². The van der Waals surface area contributed by atoms with Gasteiger partial charge in [-0.15, -0.1) is 0 Å². The van der Waals surface area contributed by atoms with E-state index >= 15 is 0 Å². The Morgan fingerprint density at radius 1 is 1.62 bits per heavy atom. The molecule has 0 aromatic carbocycles. The molecule has 0 saturated heterocycles. The summed E-state index contributed by atoms with van der Waals surface area (Å²) in [7, 11) is 0. The first-order valence-electron chi connectivity index (χ1n) is 4.62. The van der Waals surface area contributed by atoms with Crippen molar-refractivity contribution in [3.8, 4) is 0 Å². The second-order valence-corrected chi connectivity index (χ2v) is 3.46. The highest BCUT2D eigenvalue weighted by Crippen LogP contribution is 2.15. The van der Waals surface area contributed by atoms with Crippen LogP contribution in [0.2, 0.25) is 0 Å². The van der Waals surface area contributed by atoms with Crippen LogP contribution in [-0.2, 0) is 13.0 Å². The number of rotatable bonds is 2. The molecule has 0 fully saturated rings. The molecule has 1 aliphatic heterocycles. The Morgan fingerprint density at radius 2 is 2.46 bits per heavy atom. The zero-order valence-electron chi connectivity index (χ0n) is 7.81. The zero-order valence-corrected chi connectivity index (χ0v) is 7.81. The lowest BCUT2D eigenvalue weighted by atomic mass is 10.1. The summed E-state index contributed by atoms with van der Waals surface area (Å²) in [6, 6.07) is 0. The summed E-state index contributed by atoms with van der Waals surface area (Å²) in [5.74, 6) is 0.965. The molecule has 2 rings (SSSR count). The fourth-order valence-electron chi connectivity index (χ4n) is 1.80. The number of hydrogen-bond donors (Lipinski definition) is 1. The molecular formula is C9H14FN3. The van der Waals surface area contributed by atoms with Crippen molar-refractivity contribution in [3.05, 3.63) is 17.2 Å². The van der Waals surface area contributed by atoms with Gasteiger partial charge in [0.1, 0.15) is 12.5 Å². The first-order chi connectivity index (χ1) is 6.29. The number of aromatic nitrogens is 2. The monoisotopic (exact) mass is 183 g/mol. The van der Waals surface area contributed by atoms with Crippen molar-refractivity contribution in [2.45, 2.75) is 19.9 Å². The first-order valence-corrected chi connectivity index (χ1v) is 4.62. The van der Waals surface area contributed by atoms with Crippen LogP contribution < -0.4 is 0 Å². The van der Waals surface area contributed by atoms with Gasteiger partial charge in [-0.25, -0.2) is 9.37 Å². The maximum atomic E-state index is 12.1. The van der Waals surface area contributed by atoms with Crippen molar-refractivity contribution < 1.29 is 4.39 Å². The SMILES string of the molecule is Cc1nc2c([nH]1)CN(CCF)CC2. The van der Waals surface area contributed by atoms with E-state index in [0.717, 1.165) is 36.7 Å². The van der Waals surface area contributed by atoms with Crippen LogP contribution >= 0.6 is 0 Å². The molecule has 1 aromatic rings. The van der Waals surface area contributed by atoms with Crippen molar-refractivity contribution in [1.82, 2.24) is 14.9 Å². The molecule has 3 nitrogen and oxygen atoms in total. The Labute approximate surface area is 77.0 Å². The molecule has 1 aliphatic rings. The van der Waals surface area contributed by atoms with Gasteiger partial charge in [-0.2, -0.15) is 0 Å². The number of imidazole rings is 1. The Balaban J connectivity index is 2.10. The molecule has 0 aliphatic carbocycles. The minimum atomic E-state index is -0.261. The van der Waals surface area contributed by atoms with Gasteiger partial charge in [-0.3, -0.25) is 4.90 Å². The molecule has 72 valence electrons. The summed E-state index contributed by atoms with van der Waals surface area (Å²) in [4.78, 5) is 9.69.